The molecule has 1 aliphatic rings. The van der Waals surface area contributed by atoms with Gasteiger partial charge in [0.2, 0.25) is 0 Å². The average Bonchev–Trinajstić information content (AvgIpc) is 3.03. The molecule has 24 heavy (non-hydrogen) atoms. The van der Waals surface area contributed by atoms with Gasteiger partial charge in [-0.05, 0) is 18.1 Å². The Labute approximate surface area is 147 Å². The second-order valence-electron chi connectivity index (χ2n) is 6.61. The van der Waals surface area contributed by atoms with E-state index in [-0.39, 0.29) is 5.91 Å². The highest BCUT2D eigenvalue weighted by atomic mass is 32.1. The van der Waals surface area contributed by atoms with Gasteiger partial charge in [-0.2, -0.15) is 0 Å². The van der Waals surface area contributed by atoms with Crippen LogP contribution in [0.15, 0.2) is 29.8 Å². The monoisotopic (exact) mass is 344 g/mol. The van der Waals surface area contributed by atoms with Crippen molar-refractivity contribution in [1.29, 1.82) is 0 Å². The largest absolute Gasteiger partial charge is 0.335 e. The van der Waals surface area contributed by atoms with E-state index in [4.69, 9.17) is 0 Å². The number of rotatable bonds is 5. The summed E-state index contributed by atoms with van der Waals surface area (Å²) in [5, 5.41) is 2.96. The number of aromatic nitrogens is 2. The molecule has 0 saturated carbocycles. The predicted molar refractivity (Wildman–Crippen MR) is 96.1 cm³/mol. The zero-order chi connectivity index (χ0) is 16.9. The van der Waals surface area contributed by atoms with Crippen molar-refractivity contribution in [1.82, 2.24) is 19.8 Å². The molecule has 2 aromatic heterocycles. The fourth-order valence-corrected chi connectivity index (χ4v) is 3.83. The SMILES string of the molecule is CC(C)Cc1nc(C(=O)N2CCN(Cc3ccccn3)CC2)cs1. The van der Waals surface area contributed by atoms with Crippen LogP contribution in [0.25, 0.3) is 0 Å². The maximum Gasteiger partial charge on any atom is 0.273 e. The summed E-state index contributed by atoms with van der Waals surface area (Å²) < 4.78 is 0. The Morgan fingerprint density at radius 3 is 2.71 bits per heavy atom. The number of piperazine rings is 1. The van der Waals surface area contributed by atoms with Gasteiger partial charge in [0.15, 0.2) is 0 Å². The molecule has 1 aliphatic heterocycles. The number of thiazole rings is 1. The standard InChI is InChI=1S/C18H24N4OS/c1-14(2)11-17-20-16(13-24-17)18(23)22-9-7-21(8-10-22)12-15-5-3-4-6-19-15/h3-6,13-14H,7-12H2,1-2H3. The van der Waals surface area contributed by atoms with Gasteiger partial charge in [-0.1, -0.05) is 19.9 Å². The van der Waals surface area contributed by atoms with Crippen LogP contribution in [0.5, 0.6) is 0 Å². The third-order valence-electron chi connectivity index (χ3n) is 4.12. The Morgan fingerprint density at radius 1 is 1.25 bits per heavy atom. The molecule has 0 N–H and O–H groups in total. The number of pyridine rings is 1. The van der Waals surface area contributed by atoms with E-state index in [1.165, 1.54) is 0 Å². The van der Waals surface area contributed by atoms with Gasteiger partial charge in [0.05, 0.1) is 10.7 Å². The van der Waals surface area contributed by atoms with Crippen LogP contribution in [0.1, 0.15) is 35.0 Å². The summed E-state index contributed by atoms with van der Waals surface area (Å²) in [6, 6.07) is 5.99. The molecule has 0 unspecified atom stereocenters. The van der Waals surface area contributed by atoms with Gasteiger partial charge in [-0.25, -0.2) is 4.98 Å². The lowest BCUT2D eigenvalue weighted by Gasteiger charge is -2.34. The topological polar surface area (TPSA) is 49.3 Å². The first-order valence-corrected chi connectivity index (χ1v) is 9.35. The number of hydrogen-bond acceptors (Lipinski definition) is 5. The molecule has 6 heteroatoms. The number of nitrogens with zero attached hydrogens (tertiary/aromatic N) is 4. The minimum absolute atomic E-state index is 0.0683. The van der Waals surface area contributed by atoms with E-state index in [0.29, 0.717) is 11.6 Å². The molecule has 0 radical (unpaired) electrons. The van der Waals surface area contributed by atoms with Crippen LogP contribution in [0.3, 0.4) is 0 Å². The van der Waals surface area contributed by atoms with E-state index >= 15 is 0 Å². The summed E-state index contributed by atoms with van der Waals surface area (Å²) in [7, 11) is 0. The van der Waals surface area contributed by atoms with Crippen LogP contribution in [-0.4, -0.2) is 51.9 Å². The minimum Gasteiger partial charge on any atom is -0.335 e. The van der Waals surface area contributed by atoms with Crippen LogP contribution >= 0.6 is 11.3 Å². The number of hydrogen-bond donors (Lipinski definition) is 0. The molecule has 0 atom stereocenters. The summed E-state index contributed by atoms with van der Waals surface area (Å²) in [5.41, 5.74) is 1.68. The van der Waals surface area contributed by atoms with E-state index in [2.05, 4.69) is 28.7 Å². The molecule has 5 nitrogen and oxygen atoms in total. The van der Waals surface area contributed by atoms with Crippen LogP contribution in [0, 0.1) is 5.92 Å². The number of carbonyl (C=O) groups excluding carboxylic acids is 1. The first-order chi connectivity index (χ1) is 11.6. The molecular formula is C18H24N4OS. The van der Waals surface area contributed by atoms with Crippen molar-refractivity contribution in [3.05, 3.63) is 46.2 Å². The maximum absolute atomic E-state index is 12.6. The van der Waals surface area contributed by atoms with Gasteiger partial charge in [-0.3, -0.25) is 14.7 Å². The highest BCUT2D eigenvalue weighted by Gasteiger charge is 2.24. The molecule has 128 valence electrons. The van der Waals surface area contributed by atoms with Gasteiger partial charge in [-0.15, -0.1) is 11.3 Å². The Morgan fingerprint density at radius 2 is 2.04 bits per heavy atom. The van der Waals surface area contributed by atoms with Crippen LogP contribution < -0.4 is 0 Å². The van der Waals surface area contributed by atoms with Crippen molar-refractivity contribution in [3.8, 4) is 0 Å². The third-order valence-corrected chi connectivity index (χ3v) is 5.00. The third kappa shape index (κ3) is 4.39. The van der Waals surface area contributed by atoms with E-state index in [0.717, 1.165) is 49.8 Å². The second kappa shape index (κ2) is 7.85. The molecule has 0 bridgehead atoms. The highest BCUT2D eigenvalue weighted by molar-refractivity contribution is 7.09. The van der Waals surface area contributed by atoms with Gasteiger partial charge in [0.1, 0.15) is 5.69 Å². The molecule has 3 heterocycles. The van der Waals surface area contributed by atoms with Gasteiger partial charge in [0.25, 0.3) is 5.91 Å². The highest BCUT2D eigenvalue weighted by Crippen LogP contribution is 2.17. The molecule has 0 aliphatic carbocycles. The average molecular weight is 344 g/mol. The molecule has 1 saturated heterocycles. The molecular weight excluding hydrogens is 320 g/mol. The fraction of sp³-hybridized carbons (Fsp3) is 0.500. The Bertz CT molecular complexity index is 663. The van der Waals surface area contributed by atoms with E-state index in [1.54, 1.807) is 11.3 Å². The maximum atomic E-state index is 12.6. The molecule has 1 amide bonds. The predicted octanol–water partition coefficient (Wildman–Crippen LogP) is 2.69. The minimum atomic E-state index is 0.0683. The normalized spacial score (nSPS) is 15.9. The molecule has 1 fully saturated rings. The number of carbonyl (C=O) groups is 1. The van der Waals surface area contributed by atoms with Crippen LogP contribution in [0.4, 0.5) is 0 Å². The van der Waals surface area contributed by atoms with E-state index < -0.39 is 0 Å². The Balaban J connectivity index is 1.52. The quantitative estimate of drug-likeness (QED) is 0.837. The fourth-order valence-electron chi connectivity index (χ4n) is 2.84. The smallest absolute Gasteiger partial charge is 0.273 e. The van der Waals surface area contributed by atoms with Crippen molar-refractivity contribution in [2.75, 3.05) is 26.2 Å². The molecule has 3 rings (SSSR count). The van der Waals surface area contributed by atoms with Crippen LogP contribution in [-0.2, 0) is 13.0 Å². The van der Waals surface area contributed by atoms with Crippen molar-refractivity contribution in [2.45, 2.75) is 26.8 Å². The summed E-state index contributed by atoms with van der Waals surface area (Å²) in [6.45, 7) is 8.45. The molecule has 2 aromatic rings. The van der Waals surface area contributed by atoms with Gasteiger partial charge >= 0.3 is 0 Å². The lowest BCUT2D eigenvalue weighted by Crippen LogP contribution is -2.48. The van der Waals surface area contributed by atoms with Crippen LogP contribution in [0.2, 0.25) is 0 Å². The Hall–Kier alpha value is -1.79. The zero-order valence-electron chi connectivity index (χ0n) is 14.3. The molecule has 0 aromatic carbocycles. The zero-order valence-corrected chi connectivity index (χ0v) is 15.1. The Kier molecular flexibility index (Phi) is 5.58. The summed E-state index contributed by atoms with van der Waals surface area (Å²) in [6.07, 6.45) is 2.77. The summed E-state index contributed by atoms with van der Waals surface area (Å²) >= 11 is 1.60. The van der Waals surface area contributed by atoms with Crippen molar-refractivity contribution in [3.63, 3.8) is 0 Å². The first kappa shape index (κ1) is 17.0. The first-order valence-electron chi connectivity index (χ1n) is 8.48. The summed E-state index contributed by atoms with van der Waals surface area (Å²) in [4.78, 5) is 25.8. The lowest BCUT2D eigenvalue weighted by atomic mass is 10.1. The van der Waals surface area contributed by atoms with E-state index in [9.17, 15) is 4.79 Å². The van der Waals surface area contributed by atoms with E-state index in [1.807, 2.05) is 34.7 Å². The lowest BCUT2D eigenvalue weighted by molar-refractivity contribution is 0.0622. The number of amides is 1. The summed E-state index contributed by atoms with van der Waals surface area (Å²) in [5.74, 6) is 0.632. The van der Waals surface area contributed by atoms with Gasteiger partial charge in [0, 0.05) is 50.7 Å². The van der Waals surface area contributed by atoms with Crippen molar-refractivity contribution >= 4 is 17.2 Å². The molecule has 0 spiro atoms. The van der Waals surface area contributed by atoms with Gasteiger partial charge < -0.3 is 4.90 Å². The van der Waals surface area contributed by atoms with Crippen molar-refractivity contribution in [2.24, 2.45) is 5.92 Å². The van der Waals surface area contributed by atoms with Crippen molar-refractivity contribution < 1.29 is 4.79 Å². The second-order valence-corrected chi connectivity index (χ2v) is 7.56.